The zero-order chi connectivity index (χ0) is 18.9. The molecule has 0 aromatic carbocycles. The Balaban J connectivity index is 4.11. The molecule has 0 fully saturated rings. The van der Waals surface area contributed by atoms with E-state index in [1.807, 2.05) is 0 Å². The molecular formula is C19H36N4O2. The average Bonchev–Trinajstić information content (AvgIpc) is 2.58. The van der Waals surface area contributed by atoms with E-state index in [-0.39, 0.29) is 11.8 Å². The Kier molecular flexibility index (Phi) is 14.7. The van der Waals surface area contributed by atoms with Gasteiger partial charge >= 0.3 is 0 Å². The van der Waals surface area contributed by atoms with Crippen molar-refractivity contribution in [2.24, 2.45) is 10.2 Å². The molecule has 2 N–H and O–H groups in total. The first-order valence-electron chi connectivity index (χ1n) is 9.75. The van der Waals surface area contributed by atoms with Gasteiger partial charge in [0.15, 0.2) is 0 Å². The lowest BCUT2D eigenvalue weighted by atomic mass is 10.1. The molecule has 0 saturated heterocycles. The number of hydrogen-bond acceptors (Lipinski definition) is 4. The number of hydrogen-bond donors (Lipinski definition) is 2. The summed E-state index contributed by atoms with van der Waals surface area (Å²) >= 11 is 0. The molecule has 0 unspecified atom stereocenters. The van der Waals surface area contributed by atoms with Crippen molar-refractivity contribution in [3.05, 3.63) is 0 Å². The fraction of sp³-hybridized carbons (Fsp3) is 0.789. The Bertz CT molecular complexity index is 389. The maximum atomic E-state index is 11.8. The number of hydrazone groups is 2. The van der Waals surface area contributed by atoms with Crippen molar-refractivity contribution in [1.82, 2.24) is 10.9 Å². The van der Waals surface area contributed by atoms with Gasteiger partial charge in [0.25, 0.3) is 0 Å². The van der Waals surface area contributed by atoms with Crippen molar-refractivity contribution >= 4 is 23.2 Å². The summed E-state index contributed by atoms with van der Waals surface area (Å²) in [4.78, 5) is 23.6. The van der Waals surface area contributed by atoms with Crippen LogP contribution in [-0.4, -0.2) is 23.2 Å². The van der Waals surface area contributed by atoms with E-state index in [1.165, 1.54) is 0 Å². The molecule has 6 heteroatoms. The van der Waals surface area contributed by atoms with Crippen LogP contribution in [0.25, 0.3) is 0 Å². The van der Waals surface area contributed by atoms with Crippen LogP contribution in [0.15, 0.2) is 10.2 Å². The highest BCUT2D eigenvalue weighted by atomic mass is 16.2. The minimum absolute atomic E-state index is 0.140. The Hall–Kier alpha value is -1.72. The summed E-state index contributed by atoms with van der Waals surface area (Å²) in [5, 5.41) is 8.39. The molecule has 0 aliphatic carbocycles. The lowest BCUT2D eigenvalue weighted by Gasteiger charge is -2.06. The van der Waals surface area contributed by atoms with E-state index >= 15 is 0 Å². The molecule has 0 spiro atoms. The minimum atomic E-state index is -0.140. The first kappa shape index (κ1) is 23.3. The summed E-state index contributed by atoms with van der Waals surface area (Å²) in [6.07, 6.45) is 8.81. The summed E-state index contributed by atoms with van der Waals surface area (Å²) in [6.45, 7) is 8.39. The second-order valence-electron chi connectivity index (χ2n) is 6.28. The maximum Gasteiger partial charge on any atom is 0.240 e. The van der Waals surface area contributed by atoms with Crippen LogP contribution in [0.4, 0.5) is 0 Å². The van der Waals surface area contributed by atoms with Crippen molar-refractivity contribution in [3.8, 4) is 0 Å². The number of nitrogens with zero attached hydrogens (tertiary/aromatic N) is 2. The van der Waals surface area contributed by atoms with Crippen LogP contribution in [0.5, 0.6) is 0 Å². The standard InChI is InChI=1S/C19H36N4O2/c1-5-10-16(11-6-2)20-22-18(24)14-9-15-19(25)23-21-17(12-7-3)13-8-4/h5-15H2,1-4H3,(H,22,24)(H,23,25). The van der Waals surface area contributed by atoms with Crippen LogP contribution in [0, 0.1) is 0 Å². The first-order chi connectivity index (χ1) is 12.1. The van der Waals surface area contributed by atoms with Gasteiger partial charge in [-0.05, 0) is 32.1 Å². The quantitative estimate of drug-likeness (QED) is 0.361. The van der Waals surface area contributed by atoms with E-state index in [2.05, 4.69) is 48.7 Å². The van der Waals surface area contributed by atoms with Crippen LogP contribution >= 0.6 is 0 Å². The third-order valence-corrected chi connectivity index (χ3v) is 3.64. The van der Waals surface area contributed by atoms with Crippen molar-refractivity contribution in [2.45, 2.75) is 98.3 Å². The zero-order valence-electron chi connectivity index (χ0n) is 16.5. The largest absolute Gasteiger partial charge is 0.273 e. The zero-order valence-corrected chi connectivity index (χ0v) is 16.5. The summed E-state index contributed by atoms with van der Waals surface area (Å²) in [5.74, 6) is -0.280. The summed E-state index contributed by atoms with van der Waals surface area (Å²) < 4.78 is 0. The van der Waals surface area contributed by atoms with Gasteiger partial charge in [-0.25, -0.2) is 10.9 Å². The van der Waals surface area contributed by atoms with Crippen molar-refractivity contribution in [3.63, 3.8) is 0 Å². The average molecular weight is 353 g/mol. The highest BCUT2D eigenvalue weighted by molar-refractivity contribution is 5.87. The predicted molar refractivity (Wildman–Crippen MR) is 105 cm³/mol. The second kappa shape index (κ2) is 15.8. The van der Waals surface area contributed by atoms with Gasteiger partial charge in [-0.2, -0.15) is 10.2 Å². The first-order valence-corrected chi connectivity index (χ1v) is 9.75. The van der Waals surface area contributed by atoms with Gasteiger partial charge in [0, 0.05) is 24.3 Å². The highest BCUT2D eigenvalue weighted by Gasteiger charge is 2.06. The molecule has 0 aliphatic heterocycles. The maximum absolute atomic E-state index is 11.8. The molecule has 0 aromatic rings. The van der Waals surface area contributed by atoms with E-state index in [0.717, 1.165) is 62.8 Å². The fourth-order valence-corrected chi connectivity index (χ4v) is 2.43. The molecule has 6 nitrogen and oxygen atoms in total. The molecule has 144 valence electrons. The van der Waals surface area contributed by atoms with Crippen LogP contribution < -0.4 is 10.9 Å². The van der Waals surface area contributed by atoms with E-state index < -0.39 is 0 Å². The third kappa shape index (κ3) is 13.3. The number of rotatable bonds is 14. The second-order valence-corrected chi connectivity index (χ2v) is 6.28. The van der Waals surface area contributed by atoms with Crippen LogP contribution in [0.2, 0.25) is 0 Å². The van der Waals surface area contributed by atoms with E-state index in [4.69, 9.17) is 0 Å². The van der Waals surface area contributed by atoms with Gasteiger partial charge in [0.05, 0.1) is 0 Å². The Morgan fingerprint density at radius 3 is 1.20 bits per heavy atom. The molecule has 0 atom stereocenters. The monoisotopic (exact) mass is 352 g/mol. The van der Waals surface area contributed by atoms with Gasteiger partial charge in [0.1, 0.15) is 0 Å². The Labute approximate surface area is 152 Å². The number of carbonyl (C=O) groups excluding carboxylic acids is 2. The molecule has 0 radical (unpaired) electrons. The number of nitrogens with one attached hydrogen (secondary N) is 2. The van der Waals surface area contributed by atoms with Crippen LogP contribution in [0.1, 0.15) is 98.3 Å². The van der Waals surface area contributed by atoms with E-state index in [1.54, 1.807) is 0 Å². The summed E-state index contributed by atoms with van der Waals surface area (Å²) in [5.41, 5.74) is 7.26. The molecule has 25 heavy (non-hydrogen) atoms. The normalized spacial score (nSPS) is 10.1. The fourth-order valence-electron chi connectivity index (χ4n) is 2.43. The number of amides is 2. The lowest BCUT2D eigenvalue weighted by Crippen LogP contribution is -2.22. The smallest absolute Gasteiger partial charge is 0.240 e. The van der Waals surface area contributed by atoms with Crippen LogP contribution in [-0.2, 0) is 9.59 Å². The van der Waals surface area contributed by atoms with Gasteiger partial charge in [-0.3, -0.25) is 9.59 Å². The molecule has 0 aliphatic rings. The van der Waals surface area contributed by atoms with Gasteiger partial charge in [-0.1, -0.05) is 53.4 Å². The molecule has 0 rings (SSSR count). The molecule has 0 bridgehead atoms. The Morgan fingerprint density at radius 2 is 0.920 bits per heavy atom. The van der Waals surface area contributed by atoms with E-state index in [9.17, 15) is 9.59 Å². The predicted octanol–water partition coefficient (Wildman–Crippen LogP) is 4.30. The topological polar surface area (TPSA) is 82.9 Å². The number of carbonyl (C=O) groups is 2. The van der Waals surface area contributed by atoms with Gasteiger partial charge in [-0.15, -0.1) is 0 Å². The molecular weight excluding hydrogens is 316 g/mol. The molecule has 2 amide bonds. The van der Waals surface area contributed by atoms with Crippen LogP contribution in [0.3, 0.4) is 0 Å². The van der Waals surface area contributed by atoms with Gasteiger partial charge < -0.3 is 0 Å². The molecule has 0 heterocycles. The minimum Gasteiger partial charge on any atom is -0.273 e. The Morgan fingerprint density at radius 1 is 0.600 bits per heavy atom. The van der Waals surface area contributed by atoms with E-state index in [0.29, 0.717) is 19.3 Å². The summed E-state index contributed by atoms with van der Waals surface area (Å²) in [6, 6.07) is 0. The van der Waals surface area contributed by atoms with Crippen molar-refractivity contribution < 1.29 is 9.59 Å². The summed E-state index contributed by atoms with van der Waals surface area (Å²) in [7, 11) is 0. The molecule has 0 saturated carbocycles. The SMILES string of the molecule is CCCC(CCC)=NNC(=O)CCCC(=O)NN=C(CCC)CCC. The van der Waals surface area contributed by atoms with Crippen molar-refractivity contribution in [2.75, 3.05) is 0 Å². The third-order valence-electron chi connectivity index (χ3n) is 3.64. The lowest BCUT2D eigenvalue weighted by molar-refractivity contribution is -0.122. The van der Waals surface area contributed by atoms with Gasteiger partial charge in [0.2, 0.25) is 11.8 Å². The molecule has 0 aromatic heterocycles. The highest BCUT2D eigenvalue weighted by Crippen LogP contribution is 2.02. The van der Waals surface area contributed by atoms with Crippen molar-refractivity contribution in [1.29, 1.82) is 0 Å².